The summed E-state index contributed by atoms with van der Waals surface area (Å²) in [5.41, 5.74) is 1.79. The Morgan fingerprint density at radius 1 is 1.24 bits per heavy atom. The van der Waals surface area contributed by atoms with Crippen LogP contribution in [0.1, 0.15) is 18.5 Å². The van der Waals surface area contributed by atoms with Gasteiger partial charge >= 0.3 is 12.0 Å². The molecule has 0 saturated carbocycles. The molecule has 7 heteroatoms. The third-order valence-electron chi connectivity index (χ3n) is 2.93. The van der Waals surface area contributed by atoms with E-state index in [-0.39, 0.29) is 12.5 Å². The van der Waals surface area contributed by atoms with Gasteiger partial charge in [-0.1, -0.05) is 6.07 Å². The summed E-state index contributed by atoms with van der Waals surface area (Å²) in [6, 6.07) is 5.49. The smallest absolute Gasteiger partial charge is 0.314 e. The number of aliphatic carboxylic acids is 1. The minimum atomic E-state index is -0.857. The van der Waals surface area contributed by atoms with Crippen LogP contribution in [0.5, 0.6) is 0 Å². The molecule has 0 aliphatic rings. The van der Waals surface area contributed by atoms with Crippen LogP contribution in [0.3, 0.4) is 0 Å². The molecule has 112 valence electrons. The zero-order valence-corrected chi connectivity index (χ0v) is 11.6. The van der Waals surface area contributed by atoms with Crippen molar-refractivity contribution in [3.05, 3.63) is 36.3 Å². The quantitative estimate of drug-likeness (QED) is 0.664. The van der Waals surface area contributed by atoms with Crippen LogP contribution in [-0.4, -0.2) is 39.6 Å². The van der Waals surface area contributed by atoms with Crippen molar-refractivity contribution in [3.8, 4) is 0 Å². The number of rotatable bonds is 7. The van der Waals surface area contributed by atoms with Gasteiger partial charge in [0.1, 0.15) is 5.65 Å². The first-order chi connectivity index (χ1) is 10.1. The largest absolute Gasteiger partial charge is 0.481 e. The number of aromatic nitrogens is 2. The predicted molar refractivity (Wildman–Crippen MR) is 77.2 cm³/mol. The molecule has 0 saturated heterocycles. The van der Waals surface area contributed by atoms with Crippen molar-refractivity contribution in [3.63, 3.8) is 0 Å². The molecule has 2 amide bonds. The minimum absolute atomic E-state index is 0.0571. The molecule has 21 heavy (non-hydrogen) atoms. The lowest BCUT2D eigenvalue weighted by Crippen LogP contribution is -2.37. The monoisotopic (exact) mass is 290 g/mol. The van der Waals surface area contributed by atoms with Crippen LogP contribution >= 0.6 is 0 Å². The molecule has 3 N–H and O–H groups in total. The Morgan fingerprint density at radius 3 is 2.81 bits per heavy atom. The van der Waals surface area contributed by atoms with E-state index < -0.39 is 5.97 Å². The first-order valence-corrected chi connectivity index (χ1v) is 6.81. The van der Waals surface area contributed by atoms with Crippen LogP contribution < -0.4 is 10.6 Å². The average molecular weight is 290 g/mol. The molecular weight excluding hydrogens is 272 g/mol. The fraction of sp³-hybridized carbons (Fsp3) is 0.357. The number of carboxylic acids is 1. The maximum absolute atomic E-state index is 11.5. The van der Waals surface area contributed by atoms with Crippen molar-refractivity contribution in [2.75, 3.05) is 13.1 Å². The standard InChI is InChI=1S/C14H18N4O3/c19-13(20)5-3-7-15-14(21)16-8-6-11-10-18-9-2-1-4-12(18)17-11/h1-2,4,9-10H,3,5-8H2,(H,19,20)(H2,15,16,21). The van der Waals surface area contributed by atoms with E-state index in [9.17, 15) is 9.59 Å². The zero-order valence-electron chi connectivity index (χ0n) is 11.6. The Kier molecular flexibility index (Phi) is 5.14. The number of fused-ring (bicyclic) bond motifs is 1. The molecule has 2 aromatic rings. The SMILES string of the molecule is O=C(O)CCCNC(=O)NCCc1cn2ccccc2n1. The van der Waals surface area contributed by atoms with Gasteiger partial charge in [0.2, 0.25) is 0 Å². The summed E-state index contributed by atoms with van der Waals surface area (Å²) in [5.74, 6) is -0.857. The van der Waals surface area contributed by atoms with E-state index in [1.807, 2.05) is 35.0 Å². The Balaban J connectivity index is 1.66. The molecule has 0 atom stereocenters. The molecule has 0 fully saturated rings. The number of hydrogen-bond donors (Lipinski definition) is 3. The topological polar surface area (TPSA) is 95.7 Å². The molecule has 0 spiro atoms. The molecule has 0 aromatic carbocycles. The van der Waals surface area contributed by atoms with Crippen molar-refractivity contribution in [2.24, 2.45) is 0 Å². The van der Waals surface area contributed by atoms with Crippen LogP contribution in [0.4, 0.5) is 4.79 Å². The van der Waals surface area contributed by atoms with Crippen LogP contribution in [0.2, 0.25) is 0 Å². The minimum Gasteiger partial charge on any atom is -0.481 e. The normalized spacial score (nSPS) is 10.5. The van der Waals surface area contributed by atoms with Crippen molar-refractivity contribution in [2.45, 2.75) is 19.3 Å². The van der Waals surface area contributed by atoms with Crippen LogP contribution in [0.25, 0.3) is 5.65 Å². The van der Waals surface area contributed by atoms with Crippen molar-refractivity contribution < 1.29 is 14.7 Å². The lowest BCUT2D eigenvalue weighted by atomic mass is 10.3. The lowest BCUT2D eigenvalue weighted by molar-refractivity contribution is -0.137. The van der Waals surface area contributed by atoms with Gasteiger partial charge in [-0.25, -0.2) is 9.78 Å². The maximum Gasteiger partial charge on any atom is 0.314 e. The zero-order chi connectivity index (χ0) is 15.1. The predicted octanol–water partition coefficient (Wildman–Crippen LogP) is 1.04. The number of nitrogens with zero attached hydrogens (tertiary/aromatic N) is 2. The van der Waals surface area contributed by atoms with Crippen molar-refractivity contribution in [1.29, 1.82) is 0 Å². The van der Waals surface area contributed by atoms with Crippen LogP contribution in [0, 0.1) is 0 Å². The van der Waals surface area contributed by atoms with E-state index in [1.165, 1.54) is 0 Å². The first kappa shape index (κ1) is 14.8. The van der Waals surface area contributed by atoms with Gasteiger partial charge in [0.25, 0.3) is 0 Å². The van der Waals surface area contributed by atoms with Gasteiger partial charge in [0.05, 0.1) is 5.69 Å². The highest BCUT2D eigenvalue weighted by atomic mass is 16.4. The summed E-state index contributed by atoms with van der Waals surface area (Å²) < 4.78 is 1.93. The number of imidazole rings is 1. The molecule has 0 aliphatic carbocycles. The summed E-state index contributed by atoms with van der Waals surface area (Å²) in [6.07, 6.45) is 4.98. The van der Waals surface area contributed by atoms with Crippen molar-refractivity contribution in [1.82, 2.24) is 20.0 Å². The van der Waals surface area contributed by atoms with E-state index in [0.717, 1.165) is 11.3 Å². The molecule has 0 bridgehead atoms. The molecule has 0 aliphatic heterocycles. The molecule has 2 aromatic heterocycles. The highest BCUT2D eigenvalue weighted by Crippen LogP contribution is 2.04. The number of amides is 2. The maximum atomic E-state index is 11.5. The highest BCUT2D eigenvalue weighted by Gasteiger charge is 2.03. The van der Waals surface area contributed by atoms with Crippen molar-refractivity contribution >= 4 is 17.6 Å². The third kappa shape index (κ3) is 4.79. The second kappa shape index (κ2) is 7.28. The average Bonchev–Trinajstić information content (AvgIpc) is 2.86. The molecule has 7 nitrogen and oxygen atoms in total. The Morgan fingerprint density at radius 2 is 2.05 bits per heavy atom. The first-order valence-electron chi connectivity index (χ1n) is 6.81. The molecule has 2 rings (SSSR count). The number of urea groups is 1. The Bertz CT molecular complexity index is 590. The van der Waals surface area contributed by atoms with Gasteiger partial charge in [-0.15, -0.1) is 0 Å². The van der Waals surface area contributed by atoms with E-state index in [1.54, 1.807) is 0 Å². The number of pyridine rings is 1. The third-order valence-corrected chi connectivity index (χ3v) is 2.93. The second-order valence-electron chi connectivity index (χ2n) is 4.63. The molecule has 0 radical (unpaired) electrons. The van der Waals surface area contributed by atoms with Gasteiger partial charge in [0, 0.05) is 38.3 Å². The highest BCUT2D eigenvalue weighted by molar-refractivity contribution is 5.73. The molecule has 2 heterocycles. The van der Waals surface area contributed by atoms with E-state index in [4.69, 9.17) is 5.11 Å². The van der Waals surface area contributed by atoms with E-state index >= 15 is 0 Å². The van der Waals surface area contributed by atoms with Gasteiger partial charge in [0.15, 0.2) is 0 Å². The molecular formula is C14H18N4O3. The van der Waals surface area contributed by atoms with E-state index in [0.29, 0.717) is 25.9 Å². The summed E-state index contributed by atoms with van der Waals surface area (Å²) >= 11 is 0. The Labute approximate surface area is 122 Å². The van der Waals surface area contributed by atoms with Crippen LogP contribution in [0.15, 0.2) is 30.6 Å². The summed E-state index contributed by atoms with van der Waals surface area (Å²) in [7, 11) is 0. The number of carbonyl (C=O) groups is 2. The number of carboxylic acid groups (broad SMARTS) is 1. The van der Waals surface area contributed by atoms with Gasteiger partial charge in [-0.2, -0.15) is 0 Å². The van der Waals surface area contributed by atoms with Gasteiger partial charge in [-0.05, 0) is 18.6 Å². The van der Waals surface area contributed by atoms with Gasteiger partial charge < -0.3 is 20.1 Å². The summed E-state index contributed by atoms with van der Waals surface area (Å²) in [6.45, 7) is 0.834. The van der Waals surface area contributed by atoms with Crippen LogP contribution in [-0.2, 0) is 11.2 Å². The van der Waals surface area contributed by atoms with E-state index in [2.05, 4.69) is 15.6 Å². The van der Waals surface area contributed by atoms with Gasteiger partial charge in [-0.3, -0.25) is 4.79 Å². The fourth-order valence-electron chi connectivity index (χ4n) is 1.92. The second-order valence-corrected chi connectivity index (χ2v) is 4.63. The number of hydrogen-bond acceptors (Lipinski definition) is 3. The fourth-order valence-corrected chi connectivity index (χ4v) is 1.92. The number of carbonyl (C=O) groups excluding carboxylic acids is 1. The molecule has 0 unspecified atom stereocenters. The lowest BCUT2D eigenvalue weighted by Gasteiger charge is -2.05. The number of nitrogens with one attached hydrogen (secondary N) is 2. The summed E-state index contributed by atoms with van der Waals surface area (Å²) in [4.78, 5) is 26.2. The Hall–Kier alpha value is -2.57. The summed E-state index contributed by atoms with van der Waals surface area (Å²) in [5, 5.41) is 13.8.